The molecule has 1 aliphatic heterocycles. The van der Waals surface area contributed by atoms with Crippen LogP contribution in [0.1, 0.15) is 17.8 Å². The Hall–Kier alpha value is -2.50. The lowest BCUT2D eigenvalue weighted by molar-refractivity contribution is -0.122. The molecule has 1 aliphatic rings. The number of hydrogen-bond donors (Lipinski definition) is 0. The zero-order valence-electron chi connectivity index (χ0n) is 12.4. The fraction of sp³-hybridized carbons (Fsp3) is 0.312. The zero-order valence-corrected chi connectivity index (χ0v) is 12.4. The minimum atomic E-state index is -0.435. The molecule has 0 saturated carbocycles. The number of benzene rings is 1. The third kappa shape index (κ3) is 2.52. The van der Waals surface area contributed by atoms with Crippen molar-refractivity contribution in [1.29, 1.82) is 0 Å². The lowest BCUT2D eigenvalue weighted by Crippen LogP contribution is -2.31. The van der Waals surface area contributed by atoms with Crippen LogP contribution in [0.3, 0.4) is 0 Å². The van der Waals surface area contributed by atoms with Crippen LogP contribution in [0.15, 0.2) is 30.3 Å². The maximum Gasteiger partial charge on any atom is 0.239 e. The first-order valence-corrected chi connectivity index (χ1v) is 7.09. The van der Waals surface area contributed by atoms with Gasteiger partial charge in [-0.15, -0.1) is 0 Å². The number of imide groups is 1. The topological polar surface area (TPSA) is 55.2 Å². The van der Waals surface area contributed by atoms with Crippen molar-refractivity contribution in [1.82, 2.24) is 9.78 Å². The molecule has 114 valence electrons. The first-order chi connectivity index (χ1) is 10.5. The van der Waals surface area contributed by atoms with Crippen molar-refractivity contribution in [3.05, 3.63) is 47.5 Å². The summed E-state index contributed by atoms with van der Waals surface area (Å²) < 4.78 is 14.7. The van der Waals surface area contributed by atoms with Gasteiger partial charge in [0.2, 0.25) is 11.8 Å². The van der Waals surface area contributed by atoms with Crippen molar-refractivity contribution >= 4 is 17.5 Å². The van der Waals surface area contributed by atoms with Crippen LogP contribution in [-0.4, -0.2) is 21.6 Å². The Labute approximate surface area is 127 Å². The summed E-state index contributed by atoms with van der Waals surface area (Å²) in [5.41, 5.74) is 2.25. The number of carbonyl (C=O) groups is 2. The quantitative estimate of drug-likeness (QED) is 0.817. The molecule has 1 aromatic heterocycles. The van der Waals surface area contributed by atoms with Gasteiger partial charge in [-0.3, -0.25) is 19.2 Å². The molecule has 3 rings (SSSR count). The average molecular weight is 301 g/mol. The first-order valence-electron chi connectivity index (χ1n) is 7.09. The molecule has 1 saturated heterocycles. The monoisotopic (exact) mass is 301 g/mol. The average Bonchev–Trinajstić information content (AvgIpc) is 2.92. The number of halogens is 1. The molecule has 2 heterocycles. The summed E-state index contributed by atoms with van der Waals surface area (Å²) in [4.78, 5) is 25.8. The van der Waals surface area contributed by atoms with Gasteiger partial charge in [0.05, 0.1) is 23.8 Å². The van der Waals surface area contributed by atoms with Crippen LogP contribution in [0.5, 0.6) is 0 Å². The highest BCUT2D eigenvalue weighted by Crippen LogP contribution is 2.27. The number of amides is 2. The molecule has 2 aromatic rings. The van der Waals surface area contributed by atoms with Crippen LogP contribution < -0.4 is 4.90 Å². The van der Waals surface area contributed by atoms with Gasteiger partial charge in [-0.2, -0.15) is 5.10 Å². The molecule has 2 amide bonds. The summed E-state index contributed by atoms with van der Waals surface area (Å²) in [6.45, 7) is 4.18. The molecular weight excluding hydrogens is 285 g/mol. The lowest BCUT2D eigenvalue weighted by atomic mass is 10.1. The van der Waals surface area contributed by atoms with Gasteiger partial charge in [-0.05, 0) is 44.2 Å². The number of nitrogens with zero attached hydrogens (tertiary/aromatic N) is 3. The number of carbonyl (C=O) groups excluding carboxylic acids is 2. The Morgan fingerprint density at radius 2 is 1.91 bits per heavy atom. The Balaban J connectivity index is 1.82. The normalized spacial score (nSPS) is 18.3. The van der Waals surface area contributed by atoms with E-state index in [-0.39, 0.29) is 18.2 Å². The minimum Gasteiger partial charge on any atom is -0.274 e. The Morgan fingerprint density at radius 1 is 1.23 bits per heavy atom. The van der Waals surface area contributed by atoms with Crippen molar-refractivity contribution in [3.63, 3.8) is 0 Å². The molecule has 0 unspecified atom stereocenters. The van der Waals surface area contributed by atoms with Gasteiger partial charge in [0.15, 0.2) is 0 Å². The molecular formula is C16H16FN3O2. The van der Waals surface area contributed by atoms with Gasteiger partial charge in [0.25, 0.3) is 0 Å². The predicted octanol–water partition coefficient (Wildman–Crippen LogP) is 2.22. The Bertz CT molecular complexity index is 736. The summed E-state index contributed by atoms with van der Waals surface area (Å²) in [5.74, 6) is -1.36. The standard InChI is InChI=1S/C16H16FN3O2/c1-10-7-11(2)19(18-10)9-12-8-15(21)20(16(12)22)14-5-3-13(17)4-6-14/h3-7,12H,8-9H2,1-2H3/t12-/m0/s1. The maximum atomic E-state index is 13.0. The van der Waals surface area contributed by atoms with Gasteiger partial charge in [-0.1, -0.05) is 0 Å². The van der Waals surface area contributed by atoms with Crippen LogP contribution >= 0.6 is 0 Å². The van der Waals surface area contributed by atoms with Crippen LogP contribution in [0.2, 0.25) is 0 Å². The molecule has 1 aromatic carbocycles. The van der Waals surface area contributed by atoms with E-state index in [4.69, 9.17) is 0 Å². The second-order valence-electron chi connectivity index (χ2n) is 5.55. The minimum absolute atomic E-state index is 0.147. The van der Waals surface area contributed by atoms with E-state index in [2.05, 4.69) is 5.10 Å². The van der Waals surface area contributed by atoms with Crippen LogP contribution in [0.25, 0.3) is 0 Å². The van der Waals surface area contributed by atoms with E-state index in [0.717, 1.165) is 16.3 Å². The molecule has 0 spiro atoms. The number of rotatable bonds is 3. The number of anilines is 1. The van der Waals surface area contributed by atoms with Crippen LogP contribution in [-0.2, 0) is 16.1 Å². The second-order valence-corrected chi connectivity index (χ2v) is 5.55. The van der Waals surface area contributed by atoms with E-state index in [1.54, 1.807) is 4.68 Å². The van der Waals surface area contributed by atoms with Crippen LogP contribution in [0.4, 0.5) is 10.1 Å². The van der Waals surface area contributed by atoms with Crippen molar-refractivity contribution in [2.24, 2.45) is 5.92 Å². The molecule has 6 heteroatoms. The molecule has 0 bridgehead atoms. The molecule has 5 nitrogen and oxygen atoms in total. The fourth-order valence-electron chi connectivity index (χ4n) is 2.77. The number of hydrogen-bond acceptors (Lipinski definition) is 3. The van der Waals surface area contributed by atoms with Crippen molar-refractivity contribution in [2.75, 3.05) is 4.90 Å². The maximum absolute atomic E-state index is 13.0. The highest BCUT2D eigenvalue weighted by Gasteiger charge is 2.39. The van der Waals surface area contributed by atoms with Gasteiger partial charge >= 0.3 is 0 Å². The third-order valence-corrected chi connectivity index (χ3v) is 3.82. The van der Waals surface area contributed by atoms with E-state index in [1.165, 1.54) is 24.3 Å². The molecule has 0 N–H and O–H groups in total. The van der Waals surface area contributed by atoms with Gasteiger partial charge in [0, 0.05) is 12.1 Å². The Morgan fingerprint density at radius 3 is 2.50 bits per heavy atom. The van der Waals surface area contributed by atoms with Crippen LogP contribution in [0, 0.1) is 25.6 Å². The molecule has 22 heavy (non-hydrogen) atoms. The Kier molecular flexibility index (Phi) is 3.52. The predicted molar refractivity (Wildman–Crippen MR) is 78.7 cm³/mol. The van der Waals surface area contributed by atoms with E-state index in [1.807, 2.05) is 19.9 Å². The van der Waals surface area contributed by atoms with Crippen molar-refractivity contribution in [2.45, 2.75) is 26.8 Å². The third-order valence-electron chi connectivity index (χ3n) is 3.82. The SMILES string of the molecule is Cc1cc(C)n(C[C@@H]2CC(=O)N(c3ccc(F)cc3)C2=O)n1. The van der Waals surface area contributed by atoms with Crippen molar-refractivity contribution < 1.29 is 14.0 Å². The summed E-state index contributed by atoms with van der Waals surface area (Å²) >= 11 is 0. The number of aryl methyl sites for hydroxylation is 2. The summed E-state index contributed by atoms with van der Waals surface area (Å²) in [6, 6.07) is 7.29. The molecule has 1 fully saturated rings. The molecule has 1 atom stereocenters. The largest absolute Gasteiger partial charge is 0.274 e. The molecule has 0 radical (unpaired) electrons. The van der Waals surface area contributed by atoms with E-state index in [9.17, 15) is 14.0 Å². The summed E-state index contributed by atoms with van der Waals surface area (Å²) in [5, 5.41) is 4.33. The smallest absolute Gasteiger partial charge is 0.239 e. The summed E-state index contributed by atoms with van der Waals surface area (Å²) in [6.07, 6.45) is 0.147. The zero-order chi connectivity index (χ0) is 15.9. The summed E-state index contributed by atoms with van der Waals surface area (Å²) in [7, 11) is 0. The molecule has 0 aliphatic carbocycles. The number of aromatic nitrogens is 2. The van der Waals surface area contributed by atoms with E-state index < -0.39 is 11.7 Å². The fourth-order valence-corrected chi connectivity index (χ4v) is 2.77. The second kappa shape index (κ2) is 5.36. The lowest BCUT2D eigenvalue weighted by Gasteiger charge is -2.15. The van der Waals surface area contributed by atoms with Gasteiger partial charge in [0.1, 0.15) is 5.82 Å². The van der Waals surface area contributed by atoms with Gasteiger partial charge < -0.3 is 0 Å². The van der Waals surface area contributed by atoms with E-state index in [0.29, 0.717) is 12.2 Å². The van der Waals surface area contributed by atoms with E-state index >= 15 is 0 Å². The van der Waals surface area contributed by atoms with Crippen molar-refractivity contribution in [3.8, 4) is 0 Å². The highest BCUT2D eigenvalue weighted by molar-refractivity contribution is 6.20. The van der Waals surface area contributed by atoms with Gasteiger partial charge in [-0.25, -0.2) is 4.39 Å². The first kappa shape index (κ1) is 14.4. The highest BCUT2D eigenvalue weighted by atomic mass is 19.1.